The van der Waals surface area contributed by atoms with E-state index in [2.05, 4.69) is 15.5 Å². The van der Waals surface area contributed by atoms with Crippen molar-refractivity contribution >= 4 is 5.97 Å². The second kappa shape index (κ2) is 5.26. The molecule has 0 amide bonds. The Morgan fingerprint density at radius 1 is 1.38 bits per heavy atom. The Hall–Kier alpha value is -1.68. The van der Waals surface area contributed by atoms with E-state index >= 15 is 0 Å². The number of carbonyl (C=O) groups is 1. The standard InChI is InChI=1S/C11H16F3N5O2/c1-10(15-2,9(20)21)6-18-3-4-19-7(5-18)16-17-8(19)11(12,13)14/h15H,3-6H2,1-2H3,(H,20,21). The average Bonchev–Trinajstić information content (AvgIpc) is 2.81. The molecule has 118 valence electrons. The Kier molecular flexibility index (Phi) is 3.93. The number of hydrogen-bond acceptors (Lipinski definition) is 5. The Morgan fingerprint density at radius 3 is 2.57 bits per heavy atom. The van der Waals surface area contributed by atoms with Gasteiger partial charge in [0.2, 0.25) is 5.82 Å². The summed E-state index contributed by atoms with van der Waals surface area (Å²) in [6.07, 6.45) is -4.53. The van der Waals surface area contributed by atoms with Gasteiger partial charge in [-0.3, -0.25) is 9.69 Å². The fraction of sp³-hybridized carbons (Fsp3) is 0.727. The van der Waals surface area contributed by atoms with Gasteiger partial charge in [0.25, 0.3) is 0 Å². The maximum absolute atomic E-state index is 12.7. The first-order valence-electron chi connectivity index (χ1n) is 6.31. The van der Waals surface area contributed by atoms with Crippen LogP contribution in [0.25, 0.3) is 0 Å². The van der Waals surface area contributed by atoms with Crippen molar-refractivity contribution in [2.75, 3.05) is 20.1 Å². The summed E-state index contributed by atoms with van der Waals surface area (Å²) in [6, 6.07) is 0. The van der Waals surface area contributed by atoms with Crippen molar-refractivity contribution in [3.05, 3.63) is 11.6 Å². The van der Waals surface area contributed by atoms with Crippen molar-refractivity contribution in [1.29, 1.82) is 0 Å². The summed E-state index contributed by atoms with van der Waals surface area (Å²) in [5.74, 6) is -1.84. The van der Waals surface area contributed by atoms with Crippen LogP contribution in [0.5, 0.6) is 0 Å². The highest BCUT2D eigenvalue weighted by molar-refractivity contribution is 5.78. The Labute approximate surface area is 118 Å². The zero-order valence-electron chi connectivity index (χ0n) is 11.6. The number of nitrogens with zero attached hydrogens (tertiary/aromatic N) is 4. The first kappa shape index (κ1) is 15.7. The van der Waals surface area contributed by atoms with Gasteiger partial charge >= 0.3 is 12.1 Å². The molecular weight excluding hydrogens is 291 g/mol. The minimum atomic E-state index is -4.53. The van der Waals surface area contributed by atoms with E-state index in [0.29, 0.717) is 6.54 Å². The molecule has 0 radical (unpaired) electrons. The molecule has 2 rings (SSSR count). The van der Waals surface area contributed by atoms with Crippen LogP contribution in [0.3, 0.4) is 0 Å². The van der Waals surface area contributed by atoms with Crippen LogP contribution in [0.15, 0.2) is 0 Å². The van der Waals surface area contributed by atoms with Crippen molar-refractivity contribution in [3.8, 4) is 0 Å². The predicted molar refractivity (Wildman–Crippen MR) is 65.4 cm³/mol. The number of alkyl halides is 3. The number of nitrogens with one attached hydrogen (secondary N) is 1. The fourth-order valence-corrected chi connectivity index (χ4v) is 2.25. The van der Waals surface area contributed by atoms with E-state index in [4.69, 9.17) is 0 Å². The lowest BCUT2D eigenvalue weighted by Gasteiger charge is -2.34. The molecule has 1 aliphatic rings. The van der Waals surface area contributed by atoms with E-state index in [1.807, 2.05) is 0 Å². The van der Waals surface area contributed by atoms with Gasteiger partial charge in [0.05, 0.1) is 6.54 Å². The number of aliphatic carboxylic acids is 1. The molecule has 0 aromatic carbocycles. The first-order chi connectivity index (χ1) is 9.67. The summed E-state index contributed by atoms with van der Waals surface area (Å²) in [4.78, 5) is 13.0. The third kappa shape index (κ3) is 3.00. The van der Waals surface area contributed by atoms with E-state index in [0.717, 1.165) is 4.57 Å². The Bertz CT molecular complexity index is 544. The molecule has 10 heteroatoms. The van der Waals surface area contributed by atoms with Crippen LogP contribution in [-0.2, 0) is 24.1 Å². The topological polar surface area (TPSA) is 83.3 Å². The van der Waals surface area contributed by atoms with Crippen LogP contribution in [-0.4, -0.2) is 56.4 Å². The summed E-state index contributed by atoms with van der Waals surface area (Å²) in [5.41, 5.74) is -1.17. The van der Waals surface area contributed by atoms with Crippen molar-refractivity contribution in [1.82, 2.24) is 25.0 Å². The normalized spacial score (nSPS) is 19.1. The molecule has 2 N–H and O–H groups in total. The number of carboxylic acids is 1. The molecule has 0 bridgehead atoms. The van der Waals surface area contributed by atoms with Gasteiger partial charge in [-0.15, -0.1) is 10.2 Å². The number of aromatic nitrogens is 3. The lowest BCUT2D eigenvalue weighted by atomic mass is 10.0. The molecule has 1 aromatic heterocycles. The first-order valence-corrected chi connectivity index (χ1v) is 6.31. The molecule has 0 saturated carbocycles. The monoisotopic (exact) mass is 307 g/mol. The van der Waals surface area contributed by atoms with Crippen LogP contribution in [0.2, 0.25) is 0 Å². The third-order valence-corrected chi connectivity index (χ3v) is 3.65. The van der Waals surface area contributed by atoms with Crippen molar-refractivity contribution in [2.45, 2.75) is 31.7 Å². The zero-order chi connectivity index (χ0) is 15.8. The van der Waals surface area contributed by atoms with Crippen LogP contribution < -0.4 is 5.32 Å². The molecule has 1 unspecified atom stereocenters. The number of carboxylic acid groups (broad SMARTS) is 1. The third-order valence-electron chi connectivity index (χ3n) is 3.65. The molecule has 0 saturated heterocycles. The maximum atomic E-state index is 12.7. The highest BCUT2D eigenvalue weighted by Crippen LogP contribution is 2.29. The molecule has 0 fully saturated rings. The van der Waals surface area contributed by atoms with Gasteiger partial charge in [-0.1, -0.05) is 0 Å². The van der Waals surface area contributed by atoms with Crippen LogP contribution in [0.4, 0.5) is 13.2 Å². The van der Waals surface area contributed by atoms with Gasteiger partial charge in [0.1, 0.15) is 11.4 Å². The second-order valence-corrected chi connectivity index (χ2v) is 5.19. The Morgan fingerprint density at radius 2 is 2.05 bits per heavy atom. The Balaban J connectivity index is 2.14. The molecular formula is C11H16F3N5O2. The van der Waals surface area contributed by atoms with Crippen LogP contribution in [0, 0.1) is 0 Å². The summed E-state index contributed by atoms with van der Waals surface area (Å²) >= 11 is 0. The van der Waals surface area contributed by atoms with Crippen LogP contribution >= 0.6 is 0 Å². The van der Waals surface area contributed by atoms with Gasteiger partial charge < -0.3 is 15.0 Å². The molecule has 0 aliphatic carbocycles. The predicted octanol–water partition coefficient (Wildman–Crippen LogP) is 0.175. The van der Waals surface area contributed by atoms with E-state index in [1.54, 1.807) is 4.90 Å². The summed E-state index contributed by atoms with van der Waals surface area (Å²) in [7, 11) is 1.53. The molecule has 1 atom stereocenters. The number of likely N-dealkylation sites (N-methyl/N-ethyl adjacent to an activating group) is 1. The van der Waals surface area contributed by atoms with Gasteiger partial charge in [-0.2, -0.15) is 13.2 Å². The van der Waals surface area contributed by atoms with Crippen molar-refractivity contribution in [3.63, 3.8) is 0 Å². The quantitative estimate of drug-likeness (QED) is 0.825. The minimum absolute atomic E-state index is 0.0800. The zero-order valence-corrected chi connectivity index (χ0v) is 11.6. The summed E-state index contributed by atoms with van der Waals surface area (Å²) in [5, 5.41) is 18.7. The van der Waals surface area contributed by atoms with E-state index in [-0.39, 0.29) is 25.5 Å². The SMILES string of the molecule is CNC(C)(CN1CCn2c(nnc2C(F)(F)F)C1)C(=O)O. The summed E-state index contributed by atoms with van der Waals surface area (Å²) in [6.45, 7) is 2.20. The van der Waals surface area contributed by atoms with Crippen LogP contribution in [0.1, 0.15) is 18.6 Å². The van der Waals surface area contributed by atoms with Crippen molar-refractivity contribution < 1.29 is 23.1 Å². The van der Waals surface area contributed by atoms with Gasteiger partial charge in [-0.05, 0) is 14.0 Å². The number of halogens is 3. The molecule has 1 aliphatic heterocycles. The van der Waals surface area contributed by atoms with Crippen molar-refractivity contribution in [2.24, 2.45) is 0 Å². The van der Waals surface area contributed by atoms with E-state index in [9.17, 15) is 23.1 Å². The number of rotatable bonds is 4. The molecule has 1 aromatic rings. The maximum Gasteiger partial charge on any atom is 0.451 e. The minimum Gasteiger partial charge on any atom is -0.480 e. The largest absolute Gasteiger partial charge is 0.480 e. The molecule has 21 heavy (non-hydrogen) atoms. The number of hydrogen-bond donors (Lipinski definition) is 2. The lowest BCUT2D eigenvalue weighted by Crippen LogP contribution is -2.56. The van der Waals surface area contributed by atoms with Gasteiger partial charge in [0.15, 0.2) is 0 Å². The van der Waals surface area contributed by atoms with Gasteiger partial charge in [-0.25, -0.2) is 0 Å². The smallest absolute Gasteiger partial charge is 0.451 e. The molecule has 0 spiro atoms. The number of fused-ring (bicyclic) bond motifs is 1. The van der Waals surface area contributed by atoms with Gasteiger partial charge in [0, 0.05) is 19.6 Å². The lowest BCUT2D eigenvalue weighted by molar-refractivity contribution is -0.148. The molecule has 7 nitrogen and oxygen atoms in total. The second-order valence-electron chi connectivity index (χ2n) is 5.19. The van der Waals surface area contributed by atoms with E-state index in [1.165, 1.54) is 14.0 Å². The van der Waals surface area contributed by atoms with E-state index < -0.39 is 23.5 Å². The highest BCUT2D eigenvalue weighted by Gasteiger charge is 2.40. The summed E-state index contributed by atoms with van der Waals surface area (Å²) < 4.78 is 39.2. The fourth-order valence-electron chi connectivity index (χ4n) is 2.25. The average molecular weight is 307 g/mol. The molecule has 2 heterocycles. The highest BCUT2D eigenvalue weighted by atomic mass is 19.4.